The molecule has 5 nitrogen and oxygen atoms in total. The van der Waals surface area contributed by atoms with Gasteiger partial charge in [-0.05, 0) is 25.1 Å². The number of aryl methyl sites for hydroxylation is 1. The molecule has 0 amide bonds. The fourth-order valence-corrected chi connectivity index (χ4v) is 2.65. The van der Waals surface area contributed by atoms with Gasteiger partial charge in [-0.2, -0.15) is 5.10 Å². The summed E-state index contributed by atoms with van der Waals surface area (Å²) in [4.78, 5) is 4.66. The number of methoxy groups -OCH3 is 1. The van der Waals surface area contributed by atoms with E-state index in [9.17, 15) is 0 Å². The molecule has 0 spiro atoms. The molecule has 3 rings (SSSR count). The van der Waals surface area contributed by atoms with Crippen LogP contribution in [0.4, 0.5) is 0 Å². The number of alkyl halides is 1. The number of ether oxygens (including phenoxy) is 1. The predicted molar refractivity (Wildman–Crippen MR) is 82.9 cm³/mol. The maximum absolute atomic E-state index is 6.30. The second kappa shape index (κ2) is 5.41. The van der Waals surface area contributed by atoms with Crippen LogP contribution < -0.4 is 4.74 Å². The molecule has 2 heterocycles. The fourth-order valence-electron chi connectivity index (χ4n) is 2.48. The van der Waals surface area contributed by atoms with Gasteiger partial charge in [0.05, 0.1) is 30.2 Å². The topological polar surface area (TPSA) is 44.9 Å². The minimum atomic E-state index is -0.189. The first kappa shape index (κ1) is 13.9. The molecule has 2 aromatic heterocycles. The second-order valence-electron chi connectivity index (χ2n) is 4.98. The Kier molecular flexibility index (Phi) is 3.59. The van der Waals surface area contributed by atoms with Gasteiger partial charge in [-0.15, -0.1) is 11.6 Å². The summed E-state index contributed by atoms with van der Waals surface area (Å²) in [6.07, 6.45) is 1.93. The maximum atomic E-state index is 6.30. The van der Waals surface area contributed by atoms with Gasteiger partial charge in [0.15, 0.2) is 0 Å². The first-order valence-corrected chi connectivity index (χ1v) is 7.19. The second-order valence-corrected chi connectivity index (χ2v) is 5.64. The number of imidazole rings is 1. The van der Waals surface area contributed by atoms with Crippen molar-refractivity contribution in [3.63, 3.8) is 0 Å². The number of halogens is 1. The molecule has 0 aliphatic rings. The highest BCUT2D eigenvalue weighted by Gasteiger charge is 2.18. The summed E-state index contributed by atoms with van der Waals surface area (Å²) in [5, 5.41) is 4.24. The van der Waals surface area contributed by atoms with Crippen LogP contribution in [0.2, 0.25) is 0 Å². The third-order valence-electron chi connectivity index (χ3n) is 3.44. The van der Waals surface area contributed by atoms with E-state index in [0.29, 0.717) is 6.54 Å². The Balaban J connectivity index is 2.16. The molecule has 0 bridgehead atoms. The van der Waals surface area contributed by atoms with Crippen LogP contribution in [-0.2, 0) is 13.6 Å². The summed E-state index contributed by atoms with van der Waals surface area (Å²) in [7, 11) is 3.56. The predicted octanol–water partition coefficient (Wildman–Crippen LogP) is 3.13. The van der Waals surface area contributed by atoms with Crippen molar-refractivity contribution < 1.29 is 4.74 Å². The number of para-hydroxylation sites is 1. The number of hydrogen-bond acceptors (Lipinski definition) is 3. The lowest BCUT2D eigenvalue weighted by Crippen LogP contribution is -2.06. The Hall–Kier alpha value is -2.01. The molecule has 0 N–H and O–H groups in total. The lowest BCUT2D eigenvalue weighted by Gasteiger charge is -2.09. The normalized spacial score (nSPS) is 12.8. The Morgan fingerprint density at radius 1 is 1.33 bits per heavy atom. The van der Waals surface area contributed by atoms with Gasteiger partial charge >= 0.3 is 0 Å². The van der Waals surface area contributed by atoms with Crippen molar-refractivity contribution in [1.29, 1.82) is 0 Å². The van der Waals surface area contributed by atoms with E-state index < -0.39 is 0 Å². The molecule has 0 fully saturated rings. The number of fused-ring (bicyclic) bond motifs is 1. The van der Waals surface area contributed by atoms with Crippen molar-refractivity contribution >= 4 is 22.6 Å². The molecule has 3 aromatic rings. The van der Waals surface area contributed by atoms with Crippen molar-refractivity contribution in [2.45, 2.75) is 18.8 Å². The van der Waals surface area contributed by atoms with Gasteiger partial charge in [-0.1, -0.05) is 6.07 Å². The average Bonchev–Trinajstić information content (AvgIpc) is 3.03. The van der Waals surface area contributed by atoms with E-state index in [0.717, 1.165) is 28.3 Å². The molecule has 110 valence electrons. The van der Waals surface area contributed by atoms with Crippen molar-refractivity contribution in [2.24, 2.45) is 7.05 Å². The van der Waals surface area contributed by atoms with Crippen LogP contribution in [-0.4, -0.2) is 26.4 Å². The highest BCUT2D eigenvalue weighted by atomic mass is 35.5. The number of hydrogen-bond donors (Lipinski definition) is 0. The molecule has 0 aliphatic heterocycles. The smallest absolute Gasteiger partial charge is 0.146 e. The maximum Gasteiger partial charge on any atom is 0.146 e. The van der Waals surface area contributed by atoms with E-state index in [1.807, 2.05) is 44.4 Å². The van der Waals surface area contributed by atoms with Crippen LogP contribution in [0, 0.1) is 0 Å². The molecular formula is C15H17ClN4O. The minimum Gasteiger partial charge on any atom is -0.494 e. The van der Waals surface area contributed by atoms with Gasteiger partial charge in [0.1, 0.15) is 17.1 Å². The standard InChI is InChI=1S/C15H17ClN4O/c1-10(16)15-17-14-12(5-4-6-13(14)21-3)20(15)9-11-7-8-19(2)18-11/h4-8,10H,9H2,1-3H3. The van der Waals surface area contributed by atoms with E-state index in [1.165, 1.54) is 0 Å². The molecule has 0 saturated carbocycles. The number of nitrogens with zero attached hydrogens (tertiary/aromatic N) is 4. The molecule has 0 saturated heterocycles. The summed E-state index contributed by atoms with van der Waals surface area (Å²) in [5.74, 6) is 1.58. The molecule has 1 unspecified atom stereocenters. The Bertz CT molecular complexity index is 775. The van der Waals surface area contributed by atoms with Gasteiger partial charge in [0.2, 0.25) is 0 Å². The van der Waals surface area contributed by atoms with Crippen LogP contribution >= 0.6 is 11.6 Å². The molecule has 1 aromatic carbocycles. The lowest BCUT2D eigenvalue weighted by atomic mass is 10.3. The summed E-state index contributed by atoms with van der Waals surface area (Å²) >= 11 is 6.30. The highest BCUT2D eigenvalue weighted by Crippen LogP contribution is 2.30. The summed E-state index contributed by atoms with van der Waals surface area (Å²) in [5.41, 5.74) is 2.80. The van der Waals surface area contributed by atoms with E-state index in [2.05, 4.69) is 14.6 Å². The number of rotatable bonds is 4. The van der Waals surface area contributed by atoms with Crippen LogP contribution in [0.3, 0.4) is 0 Å². The van der Waals surface area contributed by atoms with Crippen LogP contribution in [0.1, 0.15) is 23.8 Å². The van der Waals surface area contributed by atoms with Gasteiger partial charge in [-0.25, -0.2) is 4.98 Å². The SMILES string of the molecule is COc1cccc2c1nc(C(C)Cl)n2Cc1ccn(C)n1. The van der Waals surface area contributed by atoms with E-state index in [1.54, 1.807) is 11.8 Å². The molecule has 0 aliphatic carbocycles. The third kappa shape index (κ3) is 2.49. The molecule has 1 atom stereocenters. The Morgan fingerprint density at radius 2 is 2.14 bits per heavy atom. The Labute approximate surface area is 128 Å². The zero-order chi connectivity index (χ0) is 15.0. The zero-order valence-electron chi connectivity index (χ0n) is 12.2. The van der Waals surface area contributed by atoms with Crippen molar-refractivity contribution in [3.8, 4) is 5.75 Å². The lowest BCUT2D eigenvalue weighted by molar-refractivity contribution is 0.419. The molecule has 21 heavy (non-hydrogen) atoms. The van der Waals surface area contributed by atoms with Crippen LogP contribution in [0.15, 0.2) is 30.5 Å². The van der Waals surface area contributed by atoms with Crippen molar-refractivity contribution in [2.75, 3.05) is 7.11 Å². The van der Waals surface area contributed by atoms with Gasteiger partial charge in [-0.3, -0.25) is 4.68 Å². The van der Waals surface area contributed by atoms with Gasteiger partial charge in [0.25, 0.3) is 0 Å². The zero-order valence-corrected chi connectivity index (χ0v) is 13.0. The van der Waals surface area contributed by atoms with E-state index in [4.69, 9.17) is 16.3 Å². The van der Waals surface area contributed by atoms with Gasteiger partial charge < -0.3 is 9.30 Å². The minimum absolute atomic E-state index is 0.189. The Morgan fingerprint density at radius 3 is 2.76 bits per heavy atom. The van der Waals surface area contributed by atoms with Crippen LogP contribution in [0.5, 0.6) is 5.75 Å². The van der Waals surface area contributed by atoms with E-state index in [-0.39, 0.29) is 5.38 Å². The third-order valence-corrected chi connectivity index (χ3v) is 3.63. The van der Waals surface area contributed by atoms with E-state index >= 15 is 0 Å². The summed E-state index contributed by atoms with van der Waals surface area (Å²) in [6, 6.07) is 7.88. The molecule has 0 radical (unpaired) electrons. The van der Waals surface area contributed by atoms with Gasteiger partial charge in [0, 0.05) is 13.2 Å². The monoisotopic (exact) mass is 304 g/mol. The quantitative estimate of drug-likeness (QED) is 0.696. The summed E-state index contributed by atoms with van der Waals surface area (Å²) in [6.45, 7) is 2.56. The molecule has 6 heteroatoms. The fraction of sp³-hybridized carbons (Fsp3) is 0.333. The number of aromatic nitrogens is 4. The number of benzene rings is 1. The summed E-state index contributed by atoms with van der Waals surface area (Å²) < 4.78 is 9.28. The highest BCUT2D eigenvalue weighted by molar-refractivity contribution is 6.20. The largest absolute Gasteiger partial charge is 0.494 e. The van der Waals surface area contributed by atoms with Crippen LogP contribution in [0.25, 0.3) is 11.0 Å². The first-order valence-electron chi connectivity index (χ1n) is 6.76. The van der Waals surface area contributed by atoms with Crippen molar-refractivity contribution in [3.05, 3.63) is 42.0 Å². The van der Waals surface area contributed by atoms with Crippen molar-refractivity contribution in [1.82, 2.24) is 19.3 Å². The first-order chi connectivity index (χ1) is 10.1. The average molecular weight is 305 g/mol. The molecular weight excluding hydrogens is 288 g/mol.